The Labute approximate surface area is 163 Å². The van der Waals surface area contributed by atoms with Crippen molar-refractivity contribution in [3.63, 3.8) is 0 Å². The molecule has 1 aliphatic carbocycles. The van der Waals surface area contributed by atoms with Gasteiger partial charge < -0.3 is 4.74 Å². The number of aryl methyl sites for hydroxylation is 3. The van der Waals surface area contributed by atoms with Gasteiger partial charge in [-0.1, -0.05) is 42.0 Å². The molecule has 0 N–H and O–H groups in total. The molecule has 0 amide bonds. The zero-order valence-electron chi connectivity index (χ0n) is 15.9. The van der Waals surface area contributed by atoms with Gasteiger partial charge in [-0.2, -0.15) is 0 Å². The highest BCUT2D eigenvalue weighted by molar-refractivity contribution is 6.40. The minimum absolute atomic E-state index is 0.125. The second-order valence-electron chi connectivity index (χ2n) is 6.98. The third-order valence-electron chi connectivity index (χ3n) is 4.89. The van der Waals surface area contributed by atoms with Crippen LogP contribution in [0.25, 0.3) is 11.3 Å². The summed E-state index contributed by atoms with van der Waals surface area (Å²) < 4.78 is 5.78. The lowest BCUT2D eigenvalue weighted by atomic mass is 9.92. The zero-order valence-corrected chi connectivity index (χ0v) is 15.9. The van der Waals surface area contributed by atoms with Crippen LogP contribution in [0.2, 0.25) is 0 Å². The number of fused-ring (bicyclic) bond motifs is 1. The summed E-state index contributed by atoms with van der Waals surface area (Å²) in [5, 5.41) is 0. The third-order valence-corrected chi connectivity index (χ3v) is 4.89. The van der Waals surface area contributed by atoms with E-state index in [1.54, 1.807) is 24.4 Å². The van der Waals surface area contributed by atoms with Gasteiger partial charge in [0.2, 0.25) is 0 Å². The van der Waals surface area contributed by atoms with Gasteiger partial charge in [-0.05, 0) is 49.6 Å². The van der Waals surface area contributed by atoms with Gasteiger partial charge in [0.05, 0.1) is 11.1 Å². The van der Waals surface area contributed by atoms with E-state index in [2.05, 4.69) is 4.98 Å². The maximum atomic E-state index is 13.3. The van der Waals surface area contributed by atoms with Gasteiger partial charge in [-0.25, -0.2) is 4.79 Å². The summed E-state index contributed by atoms with van der Waals surface area (Å²) in [6.07, 6.45) is 3.04. The van der Waals surface area contributed by atoms with E-state index in [-0.39, 0.29) is 5.78 Å². The molecule has 1 heterocycles. The summed E-state index contributed by atoms with van der Waals surface area (Å²) in [6, 6.07) is 14.6. The smallest absolute Gasteiger partial charge is 0.345 e. The van der Waals surface area contributed by atoms with Crippen LogP contribution in [0.3, 0.4) is 0 Å². The molecule has 0 fully saturated rings. The molecule has 0 atom stereocenters. The molecule has 0 spiro atoms. The summed E-state index contributed by atoms with van der Waals surface area (Å²) in [7, 11) is 0. The number of esters is 1. The minimum atomic E-state index is -0.535. The van der Waals surface area contributed by atoms with Gasteiger partial charge in [0.15, 0.2) is 11.5 Å². The van der Waals surface area contributed by atoms with Gasteiger partial charge in [-0.3, -0.25) is 9.78 Å². The molecule has 4 rings (SSSR count). The zero-order chi connectivity index (χ0) is 19.8. The second-order valence-corrected chi connectivity index (χ2v) is 6.98. The summed E-state index contributed by atoms with van der Waals surface area (Å²) in [5.74, 6) is -0.350. The largest absolute Gasteiger partial charge is 0.421 e. The Morgan fingerprint density at radius 2 is 1.61 bits per heavy atom. The molecular formula is C24H19NO3. The molecule has 0 radical (unpaired) electrons. The number of benzene rings is 2. The van der Waals surface area contributed by atoms with Crippen molar-refractivity contribution in [1.29, 1.82) is 0 Å². The highest BCUT2D eigenvalue weighted by atomic mass is 16.5. The molecular weight excluding hydrogens is 350 g/mol. The third kappa shape index (κ3) is 2.93. The van der Waals surface area contributed by atoms with Crippen LogP contribution in [0.5, 0.6) is 0 Å². The number of rotatable bonds is 3. The van der Waals surface area contributed by atoms with E-state index >= 15 is 0 Å². The fourth-order valence-corrected chi connectivity index (χ4v) is 3.79. The quantitative estimate of drug-likeness (QED) is 0.614. The molecule has 0 unspecified atom stereocenters. The highest BCUT2D eigenvalue weighted by Crippen LogP contribution is 2.41. The first kappa shape index (κ1) is 17.9. The number of hydrogen-bond acceptors (Lipinski definition) is 4. The average Bonchev–Trinajstić information content (AvgIpc) is 2.94. The SMILES string of the molecule is Cc1cc(C)c(C2=C(OC(=O)c3cccnc3)c3ccccc3C2=O)c(C)c1. The lowest BCUT2D eigenvalue weighted by Crippen LogP contribution is -2.07. The summed E-state index contributed by atoms with van der Waals surface area (Å²) in [4.78, 5) is 29.9. The molecule has 0 saturated heterocycles. The lowest BCUT2D eigenvalue weighted by molar-refractivity contribution is 0.0693. The van der Waals surface area contributed by atoms with Gasteiger partial charge >= 0.3 is 5.97 Å². The fraction of sp³-hybridized carbons (Fsp3) is 0.125. The van der Waals surface area contributed by atoms with Crippen molar-refractivity contribution < 1.29 is 14.3 Å². The Kier molecular flexibility index (Phi) is 4.40. The van der Waals surface area contributed by atoms with Gasteiger partial charge in [0.1, 0.15) is 0 Å². The first-order valence-electron chi connectivity index (χ1n) is 9.06. The highest BCUT2D eigenvalue weighted by Gasteiger charge is 2.34. The first-order valence-corrected chi connectivity index (χ1v) is 9.06. The number of nitrogens with zero attached hydrogens (tertiary/aromatic N) is 1. The Morgan fingerprint density at radius 1 is 0.929 bits per heavy atom. The van der Waals surface area contributed by atoms with Crippen molar-refractivity contribution in [1.82, 2.24) is 4.98 Å². The van der Waals surface area contributed by atoms with Crippen molar-refractivity contribution in [3.05, 3.63) is 99.9 Å². The van der Waals surface area contributed by atoms with Crippen molar-refractivity contribution in [3.8, 4) is 0 Å². The Bertz CT molecular complexity index is 1120. The Balaban J connectivity index is 1.91. The molecule has 0 bridgehead atoms. The number of carbonyl (C=O) groups is 2. The molecule has 0 aliphatic heterocycles. The predicted molar refractivity (Wildman–Crippen MR) is 108 cm³/mol. The predicted octanol–water partition coefficient (Wildman–Crippen LogP) is 4.93. The number of carbonyl (C=O) groups excluding carboxylic acids is 2. The van der Waals surface area contributed by atoms with Crippen molar-refractivity contribution >= 4 is 23.1 Å². The van der Waals surface area contributed by atoms with Crippen molar-refractivity contribution in [2.75, 3.05) is 0 Å². The van der Waals surface area contributed by atoms with E-state index in [0.717, 1.165) is 22.3 Å². The Morgan fingerprint density at radius 3 is 2.25 bits per heavy atom. The number of ketones is 1. The first-order chi connectivity index (χ1) is 13.5. The molecule has 1 aliphatic rings. The average molecular weight is 369 g/mol. The van der Waals surface area contributed by atoms with E-state index < -0.39 is 5.97 Å². The van der Waals surface area contributed by atoms with Crippen LogP contribution in [0, 0.1) is 20.8 Å². The lowest BCUT2D eigenvalue weighted by Gasteiger charge is -2.14. The molecule has 4 heteroatoms. The second kappa shape index (κ2) is 6.89. The van der Waals surface area contributed by atoms with Gasteiger partial charge in [-0.15, -0.1) is 0 Å². The number of aromatic nitrogens is 1. The number of hydrogen-bond donors (Lipinski definition) is 0. The Hall–Kier alpha value is -3.53. The molecule has 3 aromatic rings. The number of Topliss-reactive ketones (excluding diaryl/α,β-unsaturated/α-hetero) is 1. The maximum Gasteiger partial charge on any atom is 0.345 e. The number of pyridine rings is 1. The minimum Gasteiger partial charge on any atom is -0.421 e. The van der Waals surface area contributed by atoms with E-state index in [0.29, 0.717) is 28.0 Å². The monoisotopic (exact) mass is 369 g/mol. The molecule has 2 aromatic carbocycles. The summed E-state index contributed by atoms with van der Waals surface area (Å²) in [6.45, 7) is 5.96. The van der Waals surface area contributed by atoms with Gasteiger partial charge in [0.25, 0.3) is 0 Å². The van der Waals surface area contributed by atoms with Crippen LogP contribution < -0.4 is 0 Å². The molecule has 138 valence electrons. The van der Waals surface area contributed by atoms with Crippen LogP contribution in [0.1, 0.15) is 48.5 Å². The normalized spacial score (nSPS) is 12.9. The number of ether oxygens (including phenoxy) is 1. The topological polar surface area (TPSA) is 56.3 Å². The standard InChI is InChI=1S/C24H19NO3/c1-14-11-15(2)20(16(3)12-14)21-22(26)18-8-4-5-9-19(18)23(21)28-24(27)17-7-6-10-25-13-17/h4-13H,1-3H3. The fourth-order valence-electron chi connectivity index (χ4n) is 3.79. The van der Waals surface area contributed by atoms with Crippen LogP contribution in [-0.2, 0) is 4.74 Å². The van der Waals surface area contributed by atoms with Gasteiger partial charge in [0, 0.05) is 23.5 Å². The van der Waals surface area contributed by atoms with Crippen LogP contribution in [-0.4, -0.2) is 16.7 Å². The van der Waals surface area contributed by atoms with Crippen LogP contribution in [0.4, 0.5) is 0 Å². The summed E-state index contributed by atoms with van der Waals surface area (Å²) in [5.41, 5.74) is 5.85. The van der Waals surface area contributed by atoms with E-state index in [1.807, 2.05) is 51.1 Å². The van der Waals surface area contributed by atoms with Crippen molar-refractivity contribution in [2.24, 2.45) is 0 Å². The van der Waals surface area contributed by atoms with Crippen LogP contribution >= 0.6 is 0 Å². The van der Waals surface area contributed by atoms with Crippen molar-refractivity contribution in [2.45, 2.75) is 20.8 Å². The molecule has 1 aromatic heterocycles. The molecule has 0 saturated carbocycles. The van der Waals surface area contributed by atoms with E-state index in [9.17, 15) is 9.59 Å². The molecule has 4 nitrogen and oxygen atoms in total. The molecule has 28 heavy (non-hydrogen) atoms. The summed E-state index contributed by atoms with van der Waals surface area (Å²) >= 11 is 0. The van der Waals surface area contributed by atoms with E-state index in [4.69, 9.17) is 4.74 Å². The maximum absolute atomic E-state index is 13.3. The van der Waals surface area contributed by atoms with E-state index in [1.165, 1.54) is 6.20 Å². The van der Waals surface area contributed by atoms with Crippen LogP contribution in [0.15, 0.2) is 60.9 Å². The number of allylic oxidation sites excluding steroid dienone is 1.